The molecule has 0 saturated carbocycles. The molecule has 0 fully saturated rings. The molecule has 0 radical (unpaired) electrons. The molecule has 0 aliphatic heterocycles. The molecule has 1 aromatic heterocycles. The number of sulfonamides is 1. The van der Waals surface area contributed by atoms with Crippen molar-refractivity contribution in [1.82, 2.24) is 14.5 Å². The standard InChI is InChI=1S/C14H14N4O5S/c1-10(19)17-24(22,23)12-6-4-11(5-7-12)16-13(20)9-18-14(21)3-2-8-15-18/h2-8H,9H2,1H3,(H,16,20)(H,17,19). The third-order valence-corrected chi connectivity index (χ3v) is 4.25. The van der Waals surface area contributed by atoms with Gasteiger partial charge in [0, 0.05) is 24.9 Å². The van der Waals surface area contributed by atoms with Crippen molar-refractivity contribution in [2.75, 3.05) is 5.32 Å². The number of hydrogen-bond acceptors (Lipinski definition) is 6. The fourth-order valence-electron chi connectivity index (χ4n) is 1.81. The first kappa shape index (κ1) is 17.3. The van der Waals surface area contributed by atoms with Crippen LogP contribution in [0.3, 0.4) is 0 Å². The van der Waals surface area contributed by atoms with Crippen LogP contribution in [0.1, 0.15) is 6.92 Å². The maximum Gasteiger partial charge on any atom is 0.267 e. The van der Waals surface area contributed by atoms with E-state index in [-0.39, 0.29) is 11.4 Å². The predicted octanol–water partition coefficient (Wildman–Crippen LogP) is -0.293. The molecule has 0 aliphatic carbocycles. The van der Waals surface area contributed by atoms with Gasteiger partial charge in [-0.05, 0) is 30.3 Å². The molecule has 0 spiro atoms. The van der Waals surface area contributed by atoms with E-state index in [0.29, 0.717) is 5.69 Å². The van der Waals surface area contributed by atoms with Gasteiger partial charge >= 0.3 is 0 Å². The van der Waals surface area contributed by atoms with Crippen molar-refractivity contribution in [2.45, 2.75) is 18.4 Å². The van der Waals surface area contributed by atoms with Gasteiger partial charge in [0.2, 0.25) is 11.8 Å². The molecule has 2 N–H and O–H groups in total. The lowest BCUT2D eigenvalue weighted by molar-refractivity contribution is -0.118. The number of nitrogens with zero attached hydrogens (tertiary/aromatic N) is 2. The summed E-state index contributed by atoms with van der Waals surface area (Å²) in [6.07, 6.45) is 1.39. The monoisotopic (exact) mass is 350 g/mol. The summed E-state index contributed by atoms with van der Waals surface area (Å²) >= 11 is 0. The topological polar surface area (TPSA) is 127 Å². The summed E-state index contributed by atoms with van der Waals surface area (Å²) in [5.41, 5.74) is -0.0739. The minimum atomic E-state index is -3.93. The van der Waals surface area contributed by atoms with E-state index in [0.717, 1.165) is 11.6 Å². The Morgan fingerprint density at radius 3 is 2.42 bits per heavy atom. The minimum Gasteiger partial charge on any atom is -0.324 e. The molecule has 1 aromatic carbocycles. The van der Waals surface area contributed by atoms with Gasteiger partial charge in [-0.2, -0.15) is 5.10 Å². The van der Waals surface area contributed by atoms with E-state index in [1.165, 1.54) is 42.6 Å². The van der Waals surface area contributed by atoms with Crippen molar-refractivity contribution in [3.8, 4) is 0 Å². The van der Waals surface area contributed by atoms with Gasteiger partial charge in [0.15, 0.2) is 0 Å². The summed E-state index contributed by atoms with van der Waals surface area (Å²) in [5.74, 6) is -1.19. The Bertz CT molecular complexity index is 919. The van der Waals surface area contributed by atoms with Crippen molar-refractivity contribution in [3.63, 3.8) is 0 Å². The molecule has 0 unspecified atom stereocenters. The van der Waals surface area contributed by atoms with Crippen LogP contribution in [0.15, 0.2) is 52.3 Å². The maximum absolute atomic E-state index is 11.9. The van der Waals surface area contributed by atoms with Gasteiger partial charge in [0.1, 0.15) is 6.54 Å². The highest BCUT2D eigenvalue weighted by Gasteiger charge is 2.15. The summed E-state index contributed by atoms with van der Waals surface area (Å²) in [5, 5.41) is 6.27. The zero-order chi connectivity index (χ0) is 17.7. The molecular weight excluding hydrogens is 336 g/mol. The summed E-state index contributed by atoms with van der Waals surface area (Å²) in [6.45, 7) is 0.817. The predicted molar refractivity (Wildman–Crippen MR) is 84.6 cm³/mol. The molecule has 2 amide bonds. The summed E-state index contributed by atoms with van der Waals surface area (Å²) in [7, 11) is -3.93. The number of carbonyl (C=O) groups excluding carboxylic acids is 2. The van der Waals surface area contributed by atoms with Gasteiger partial charge in [-0.15, -0.1) is 0 Å². The second kappa shape index (κ2) is 7.04. The number of carbonyl (C=O) groups is 2. The average Bonchev–Trinajstić information content (AvgIpc) is 2.49. The smallest absolute Gasteiger partial charge is 0.267 e. The molecule has 24 heavy (non-hydrogen) atoms. The molecule has 0 aliphatic rings. The zero-order valence-corrected chi connectivity index (χ0v) is 13.4. The summed E-state index contributed by atoms with van der Waals surface area (Å²) in [6, 6.07) is 7.97. The number of benzene rings is 1. The first-order valence-electron chi connectivity index (χ1n) is 6.73. The number of hydrogen-bond donors (Lipinski definition) is 2. The summed E-state index contributed by atoms with van der Waals surface area (Å²) < 4.78 is 26.4. The average molecular weight is 350 g/mol. The second-order valence-electron chi connectivity index (χ2n) is 4.75. The van der Waals surface area contributed by atoms with E-state index in [1.807, 2.05) is 4.72 Å². The Balaban J connectivity index is 2.06. The molecule has 9 nitrogen and oxygen atoms in total. The Hall–Kier alpha value is -3.01. The Labute approximate surface area is 137 Å². The Kier molecular flexibility index (Phi) is 5.09. The van der Waals surface area contributed by atoms with Crippen LogP contribution in [0.5, 0.6) is 0 Å². The van der Waals surface area contributed by atoms with Crippen molar-refractivity contribution in [3.05, 3.63) is 52.9 Å². The number of nitrogens with one attached hydrogen (secondary N) is 2. The van der Waals surface area contributed by atoms with Crippen LogP contribution >= 0.6 is 0 Å². The van der Waals surface area contributed by atoms with E-state index in [1.54, 1.807) is 0 Å². The highest BCUT2D eigenvalue weighted by molar-refractivity contribution is 7.90. The minimum absolute atomic E-state index is 0.114. The largest absolute Gasteiger partial charge is 0.324 e. The van der Waals surface area contributed by atoms with Gasteiger partial charge < -0.3 is 5.32 Å². The third-order valence-electron chi connectivity index (χ3n) is 2.81. The summed E-state index contributed by atoms with van der Waals surface area (Å²) in [4.78, 5) is 34.1. The van der Waals surface area contributed by atoms with Crippen LogP contribution in [0.2, 0.25) is 0 Å². The fourth-order valence-corrected chi connectivity index (χ4v) is 2.80. The number of rotatable bonds is 5. The van der Waals surface area contributed by atoms with E-state index in [4.69, 9.17) is 0 Å². The number of aromatic nitrogens is 2. The first-order chi connectivity index (χ1) is 11.3. The van der Waals surface area contributed by atoms with Crippen molar-refractivity contribution in [1.29, 1.82) is 0 Å². The quantitative estimate of drug-likeness (QED) is 0.762. The van der Waals surface area contributed by atoms with Gasteiger partial charge in [-0.1, -0.05) is 0 Å². The van der Waals surface area contributed by atoms with Gasteiger partial charge in [-0.3, -0.25) is 14.4 Å². The first-order valence-corrected chi connectivity index (χ1v) is 8.22. The highest BCUT2D eigenvalue weighted by Crippen LogP contribution is 2.14. The fraction of sp³-hybridized carbons (Fsp3) is 0.143. The SMILES string of the molecule is CC(=O)NS(=O)(=O)c1ccc(NC(=O)Cn2ncccc2=O)cc1. The lowest BCUT2D eigenvalue weighted by Crippen LogP contribution is -2.29. The lowest BCUT2D eigenvalue weighted by Gasteiger charge is -2.08. The van der Waals surface area contributed by atoms with Gasteiger partial charge in [0.25, 0.3) is 15.6 Å². The van der Waals surface area contributed by atoms with Crippen molar-refractivity contribution < 1.29 is 18.0 Å². The van der Waals surface area contributed by atoms with Crippen LogP contribution in [0.25, 0.3) is 0 Å². The molecule has 10 heteroatoms. The van der Waals surface area contributed by atoms with E-state index in [9.17, 15) is 22.8 Å². The molecular formula is C14H14N4O5S. The molecule has 126 valence electrons. The highest BCUT2D eigenvalue weighted by atomic mass is 32.2. The molecule has 2 rings (SSSR count). The number of anilines is 1. The lowest BCUT2D eigenvalue weighted by atomic mass is 10.3. The van der Waals surface area contributed by atoms with Gasteiger partial charge in [0.05, 0.1) is 4.90 Å². The van der Waals surface area contributed by atoms with Crippen molar-refractivity contribution in [2.24, 2.45) is 0 Å². The van der Waals surface area contributed by atoms with Gasteiger partial charge in [-0.25, -0.2) is 17.8 Å². The normalized spacial score (nSPS) is 10.9. The van der Waals surface area contributed by atoms with E-state index < -0.39 is 27.4 Å². The molecule has 0 saturated heterocycles. The second-order valence-corrected chi connectivity index (χ2v) is 6.44. The van der Waals surface area contributed by atoms with E-state index >= 15 is 0 Å². The molecule has 0 bridgehead atoms. The van der Waals surface area contributed by atoms with Crippen LogP contribution in [-0.2, 0) is 26.2 Å². The van der Waals surface area contributed by atoms with Crippen LogP contribution in [-0.4, -0.2) is 30.0 Å². The Morgan fingerprint density at radius 1 is 1.17 bits per heavy atom. The zero-order valence-electron chi connectivity index (χ0n) is 12.6. The van der Waals surface area contributed by atoms with Crippen molar-refractivity contribution >= 4 is 27.5 Å². The maximum atomic E-state index is 11.9. The van der Waals surface area contributed by atoms with Crippen LogP contribution in [0, 0.1) is 0 Å². The Morgan fingerprint density at radius 2 is 1.83 bits per heavy atom. The van der Waals surface area contributed by atoms with Crippen LogP contribution in [0.4, 0.5) is 5.69 Å². The molecule has 1 heterocycles. The third kappa shape index (κ3) is 4.49. The van der Waals surface area contributed by atoms with Crippen LogP contribution < -0.4 is 15.6 Å². The molecule has 0 atom stereocenters. The molecule has 2 aromatic rings. The van der Waals surface area contributed by atoms with E-state index in [2.05, 4.69) is 10.4 Å². The number of amides is 2.